The van der Waals surface area contributed by atoms with E-state index in [2.05, 4.69) is 150 Å². The second-order valence-electron chi connectivity index (χ2n) is 22.2. The summed E-state index contributed by atoms with van der Waals surface area (Å²) in [7, 11) is 0. The third-order valence-corrected chi connectivity index (χ3v) is 4.52. The Morgan fingerprint density at radius 2 is 0.660 bits per heavy atom. The van der Waals surface area contributed by atoms with Crippen LogP contribution >= 0.6 is 0 Å². The molecule has 5 nitrogen and oxygen atoms in total. The van der Waals surface area contributed by atoms with Gasteiger partial charge >= 0.3 is 0 Å². The number of rotatable bonds is 0. The van der Waals surface area contributed by atoms with E-state index in [0.29, 0.717) is 27.1 Å². The van der Waals surface area contributed by atoms with E-state index >= 15 is 0 Å². The molecule has 0 aliphatic carbocycles. The molecule has 3 fully saturated rings. The Kier molecular flexibility index (Phi) is 45.6. The normalized spacial score (nSPS) is 17.6. The summed E-state index contributed by atoms with van der Waals surface area (Å²) in [6.07, 6.45) is 20.8. The second-order valence-corrected chi connectivity index (χ2v) is 22.2. The molecule has 5 aliphatic rings. The van der Waals surface area contributed by atoms with Crippen LogP contribution in [0.25, 0.3) is 0 Å². The molecule has 3 saturated heterocycles. The summed E-state index contributed by atoms with van der Waals surface area (Å²) in [6, 6.07) is 0. The summed E-state index contributed by atoms with van der Waals surface area (Å²) in [5, 5.41) is 3.28. The van der Waals surface area contributed by atoms with Crippen LogP contribution in [0.2, 0.25) is 0 Å². The van der Waals surface area contributed by atoms with Crippen LogP contribution in [0.15, 0.2) is 24.5 Å². The highest BCUT2D eigenvalue weighted by Crippen LogP contribution is 2.10. The molecule has 5 heteroatoms. The number of nitrogens with one attached hydrogen (secondary N) is 1. The molecule has 0 radical (unpaired) electrons. The van der Waals surface area contributed by atoms with Crippen molar-refractivity contribution in [2.75, 3.05) is 59.3 Å². The fourth-order valence-corrected chi connectivity index (χ4v) is 2.83. The molecule has 0 saturated carbocycles. The molecule has 0 aromatic heterocycles. The van der Waals surface area contributed by atoms with Crippen molar-refractivity contribution in [2.24, 2.45) is 27.1 Å². The van der Waals surface area contributed by atoms with Gasteiger partial charge in [0.25, 0.3) is 0 Å². The van der Waals surface area contributed by atoms with Gasteiger partial charge in [-0.2, -0.15) is 0 Å². The first-order chi connectivity index (χ1) is 24.0. The number of piperidine rings is 1. The summed E-state index contributed by atoms with van der Waals surface area (Å²) >= 11 is 0. The Bertz CT molecular complexity index is 572. The summed E-state index contributed by atoms with van der Waals surface area (Å²) in [6.45, 7) is 52.9. The molecule has 0 aromatic rings. The summed E-state index contributed by atoms with van der Waals surface area (Å²) in [5.41, 5.74) is 2.50. The summed E-state index contributed by atoms with van der Waals surface area (Å²) < 4.78 is 19.8. The minimum absolute atomic E-state index is 0.500. The third kappa shape index (κ3) is 168. The summed E-state index contributed by atoms with van der Waals surface area (Å²) in [5.74, 6) is 0. The van der Waals surface area contributed by atoms with Gasteiger partial charge in [0.1, 0.15) is 0 Å². The minimum Gasteiger partial charge on any atom is -0.501 e. The first-order valence-corrected chi connectivity index (χ1v) is 21.4. The van der Waals surface area contributed by atoms with Crippen molar-refractivity contribution in [1.82, 2.24) is 5.32 Å². The molecule has 324 valence electrons. The number of ether oxygens (including phenoxy) is 4. The van der Waals surface area contributed by atoms with Crippen molar-refractivity contribution in [3.05, 3.63) is 24.5 Å². The molecule has 0 spiro atoms. The van der Waals surface area contributed by atoms with Gasteiger partial charge in [-0.15, -0.1) is 0 Å². The second kappa shape index (κ2) is 39.4. The van der Waals surface area contributed by atoms with Crippen LogP contribution < -0.4 is 5.32 Å². The molecule has 0 aromatic carbocycles. The van der Waals surface area contributed by atoms with Crippen LogP contribution in [0, 0.1) is 27.1 Å². The Morgan fingerprint density at radius 1 is 0.340 bits per heavy atom. The quantitative estimate of drug-likeness (QED) is 0.249. The molecule has 5 rings (SSSR count). The van der Waals surface area contributed by atoms with E-state index in [-0.39, 0.29) is 0 Å². The van der Waals surface area contributed by atoms with E-state index in [1.54, 1.807) is 6.26 Å². The Labute approximate surface area is 337 Å². The highest BCUT2D eigenvalue weighted by Gasteiger charge is 1.98. The van der Waals surface area contributed by atoms with Crippen molar-refractivity contribution >= 4 is 0 Å². The van der Waals surface area contributed by atoms with E-state index in [9.17, 15) is 0 Å². The maximum Gasteiger partial charge on any atom is 0.0908 e. The molecular weight excluding hydrogens is 655 g/mol. The topological polar surface area (TPSA) is 49.0 Å². The van der Waals surface area contributed by atoms with Gasteiger partial charge in [0.2, 0.25) is 0 Å². The van der Waals surface area contributed by atoms with Gasteiger partial charge in [0.15, 0.2) is 0 Å². The molecule has 0 unspecified atom stereocenters. The van der Waals surface area contributed by atoms with Crippen LogP contribution in [-0.2, 0) is 18.9 Å². The van der Waals surface area contributed by atoms with Crippen molar-refractivity contribution in [1.29, 1.82) is 0 Å². The van der Waals surface area contributed by atoms with Crippen molar-refractivity contribution in [3.8, 4) is 0 Å². The highest BCUT2D eigenvalue weighted by atomic mass is 16.5. The van der Waals surface area contributed by atoms with Crippen molar-refractivity contribution < 1.29 is 18.9 Å². The zero-order chi connectivity index (χ0) is 42.3. The van der Waals surface area contributed by atoms with Crippen molar-refractivity contribution in [2.45, 2.75) is 203 Å². The van der Waals surface area contributed by atoms with Crippen LogP contribution in [-0.4, -0.2) is 59.3 Å². The monoisotopic (exact) mass is 758 g/mol. The first kappa shape index (κ1) is 61.3. The average molecular weight is 758 g/mol. The molecule has 53 heavy (non-hydrogen) atoms. The van der Waals surface area contributed by atoms with Gasteiger partial charge in [-0.25, -0.2) is 0 Å². The molecule has 5 heterocycles. The van der Waals surface area contributed by atoms with Crippen LogP contribution in [0.3, 0.4) is 0 Å². The maximum atomic E-state index is 5.07. The fourth-order valence-electron chi connectivity index (χ4n) is 2.83. The number of hydrogen-bond acceptors (Lipinski definition) is 5. The Hall–Kier alpha value is -0.880. The van der Waals surface area contributed by atoms with E-state index in [4.69, 9.17) is 18.9 Å². The lowest BCUT2D eigenvalue weighted by molar-refractivity contribution is 0.0968. The lowest BCUT2D eigenvalue weighted by atomic mass is 10.0. The lowest BCUT2D eigenvalue weighted by Gasteiger charge is -2.08. The summed E-state index contributed by atoms with van der Waals surface area (Å²) in [4.78, 5) is 0. The highest BCUT2D eigenvalue weighted by molar-refractivity contribution is 4.84. The molecule has 0 bridgehead atoms. The predicted molar refractivity (Wildman–Crippen MR) is 241 cm³/mol. The van der Waals surface area contributed by atoms with E-state index < -0.39 is 0 Å². The SMILES string of the molecule is C1=CCOCC1.C1=COCC1.C1CCNCC1.C1CCOC1.C1CCOCC1.CC(C)(C)C.CC(C)(C)C.CC(C)(C)C.CC(C)(C)C.CC(C)(C)C. The number of hydrogen-bond donors (Lipinski definition) is 1. The minimum atomic E-state index is 0.500. The molecule has 0 atom stereocenters. The average Bonchev–Trinajstić information content (AvgIpc) is 3.77. The molecule has 1 N–H and O–H groups in total. The van der Waals surface area contributed by atoms with Gasteiger partial charge in [-0.05, 0) is 97.6 Å². The first-order valence-electron chi connectivity index (χ1n) is 21.4. The van der Waals surface area contributed by atoms with Crippen LogP contribution in [0.1, 0.15) is 203 Å². The maximum absolute atomic E-state index is 5.07. The Balaban J connectivity index is -0.000000161. The van der Waals surface area contributed by atoms with Gasteiger partial charge in [-0.3, -0.25) is 0 Å². The third-order valence-electron chi connectivity index (χ3n) is 4.52. The van der Waals surface area contributed by atoms with Crippen LogP contribution in [0.4, 0.5) is 0 Å². The molecule has 5 aliphatic heterocycles. The largest absolute Gasteiger partial charge is 0.501 e. The van der Waals surface area contributed by atoms with E-state index in [1.165, 1.54) is 64.5 Å². The van der Waals surface area contributed by atoms with Gasteiger partial charge in [0.05, 0.1) is 26.1 Å². The van der Waals surface area contributed by atoms with Gasteiger partial charge in [-0.1, -0.05) is 157 Å². The van der Waals surface area contributed by atoms with Crippen molar-refractivity contribution in [3.63, 3.8) is 0 Å². The van der Waals surface area contributed by atoms with E-state index in [0.717, 1.165) is 59.1 Å². The smallest absolute Gasteiger partial charge is 0.0908 e. The predicted octanol–water partition coefficient (Wildman–Crippen LogP) is 14.9. The molecular formula is C48H103NO4. The zero-order valence-corrected chi connectivity index (χ0v) is 40.4. The van der Waals surface area contributed by atoms with Crippen LogP contribution in [0.5, 0.6) is 0 Å². The fraction of sp³-hybridized carbons (Fsp3) is 0.917. The zero-order valence-electron chi connectivity index (χ0n) is 40.4. The lowest BCUT2D eigenvalue weighted by Crippen LogP contribution is -2.21. The van der Waals surface area contributed by atoms with E-state index in [1.807, 2.05) is 12.2 Å². The molecule has 0 amide bonds. The standard InChI is InChI=1S/C5H11N.C5H10O.C5H8O.5C5H12.C4H8O.C4H6O/c3*1-2-4-6-5-3-1;5*1-5(2,3)4;2*1-2-4-5-3-1/h6H,1-5H2;1-5H2;1-2H,3-5H2;5*1-4H3;1-4H2;1,3H,2,4H2. The Morgan fingerprint density at radius 3 is 0.755 bits per heavy atom. The van der Waals surface area contributed by atoms with Gasteiger partial charge < -0.3 is 24.3 Å². The van der Waals surface area contributed by atoms with Gasteiger partial charge in [0, 0.05) is 32.8 Å².